The van der Waals surface area contributed by atoms with Gasteiger partial charge in [0, 0.05) is 30.8 Å². The minimum Gasteiger partial charge on any atom is -0.366 e. The lowest BCUT2D eigenvalue weighted by Crippen LogP contribution is -2.57. The van der Waals surface area contributed by atoms with E-state index in [0.717, 1.165) is 30.4 Å². The third-order valence-electron chi connectivity index (χ3n) is 6.22. The van der Waals surface area contributed by atoms with Crippen LogP contribution in [-0.4, -0.2) is 56.5 Å². The lowest BCUT2D eigenvalue weighted by Gasteiger charge is -2.39. The second-order valence-electron chi connectivity index (χ2n) is 8.67. The van der Waals surface area contributed by atoms with E-state index in [1.807, 2.05) is 6.92 Å². The third-order valence-corrected chi connectivity index (χ3v) is 6.22. The van der Waals surface area contributed by atoms with E-state index < -0.39 is 30.8 Å². The molecule has 0 radical (unpaired) electrons. The summed E-state index contributed by atoms with van der Waals surface area (Å²) in [5.41, 5.74) is 0.592. The topological polar surface area (TPSA) is 83.0 Å². The number of hydrogen-bond acceptors (Lipinski definition) is 8. The largest absolute Gasteiger partial charge is 0.416 e. The van der Waals surface area contributed by atoms with Crippen molar-refractivity contribution >= 4 is 23.3 Å². The molecule has 2 unspecified atom stereocenters. The van der Waals surface area contributed by atoms with Crippen LogP contribution >= 0.6 is 0 Å². The molecule has 0 amide bonds. The molecule has 0 aliphatic carbocycles. The van der Waals surface area contributed by atoms with Crippen LogP contribution in [0.5, 0.6) is 0 Å². The summed E-state index contributed by atoms with van der Waals surface area (Å²) in [7, 11) is 0. The van der Waals surface area contributed by atoms with Gasteiger partial charge in [-0.2, -0.15) is 18.2 Å². The number of aromatic nitrogens is 5. The first-order valence-electron chi connectivity index (χ1n) is 10.9. The lowest BCUT2D eigenvalue weighted by molar-refractivity contribution is -0.137. The SMILES string of the molecule is CC1C(c2cc(Nc3cc(C(F)(F)F)ccn3)nc(N3CC(F)(F)C3)n2)CCN1c1cncnc1. The monoisotopic (exact) mass is 492 g/mol. The lowest BCUT2D eigenvalue weighted by atomic mass is 9.97. The summed E-state index contributed by atoms with van der Waals surface area (Å²) < 4.78 is 66.4. The smallest absolute Gasteiger partial charge is 0.366 e. The van der Waals surface area contributed by atoms with E-state index in [9.17, 15) is 22.0 Å². The van der Waals surface area contributed by atoms with E-state index in [1.54, 1.807) is 18.5 Å². The molecule has 8 nitrogen and oxygen atoms in total. The predicted molar refractivity (Wildman–Crippen MR) is 118 cm³/mol. The van der Waals surface area contributed by atoms with Crippen LogP contribution in [0.25, 0.3) is 0 Å². The van der Waals surface area contributed by atoms with Crippen LogP contribution in [0.2, 0.25) is 0 Å². The average molecular weight is 492 g/mol. The van der Waals surface area contributed by atoms with Crippen molar-refractivity contribution in [2.24, 2.45) is 0 Å². The van der Waals surface area contributed by atoms with E-state index in [1.165, 1.54) is 11.2 Å². The van der Waals surface area contributed by atoms with E-state index in [2.05, 4.69) is 35.1 Å². The Morgan fingerprint density at radius 1 is 1.06 bits per heavy atom. The molecule has 3 aromatic heterocycles. The number of nitrogens with zero attached hydrogens (tertiary/aromatic N) is 7. The van der Waals surface area contributed by atoms with E-state index in [-0.39, 0.29) is 29.5 Å². The Kier molecular flexibility index (Phi) is 5.64. The van der Waals surface area contributed by atoms with Gasteiger partial charge in [0.05, 0.1) is 42.4 Å². The number of alkyl halides is 5. The zero-order valence-corrected chi connectivity index (χ0v) is 18.5. The maximum atomic E-state index is 13.5. The molecule has 3 aromatic rings. The maximum absolute atomic E-state index is 13.5. The van der Waals surface area contributed by atoms with Gasteiger partial charge in [-0.05, 0) is 25.5 Å². The summed E-state index contributed by atoms with van der Waals surface area (Å²) in [4.78, 5) is 24.4. The van der Waals surface area contributed by atoms with Gasteiger partial charge in [0.1, 0.15) is 18.0 Å². The van der Waals surface area contributed by atoms with Crippen molar-refractivity contribution in [3.05, 3.63) is 54.4 Å². The Morgan fingerprint density at radius 2 is 1.80 bits per heavy atom. The van der Waals surface area contributed by atoms with Crippen LogP contribution in [0.15, 0.2) is 43.1 Å². The van der Waals surface area contributed by atoms with E-state index in [0.29, 0.717) is 12.2 Å². The van der Waals surface area contributed by atoms with Gasteiger partial charge in [-0.3, -0.25) is 0 Å². The van der Waals surface area contributed by atoms with Gasteiger partial charge >= 0.3 is 6.18 Å². The normalized spacial score (nSPS) is 21.7. The van der Waals surface area contributed by atoms with Gasteiger partial charge in [-0.1, -0.05) is 0 Å². The summed E-state index contributed by atoms with van der Waals surface area (Å²) in [5.74, 6) is -2.70. The molecule has 35 heavy (non-hydrogen) atoms. The fourth-order valence-electron chi connectivity index (χ4n) is 4.45. The van der Waals surface area contributed by atoms with Crippen molar-refractivity contribution in [2.45, 2.75) is 37.4 Å². The molecule has 2 atom stereocenters. The van der Waals surface area contributed by atoms with Crippen molar-refractivity contribution in [2.75, 3.05) is 34.8 Å². The molecule has 2 aliphatic rings. The fourth-order valence-corrected chi connectivity index (χ4v) is 4.45. The van der Waals surface area contributed by atoms with Crippen LogP contribution in [0.3, 0.4) is 0 Å². The summed E-state index contributed by atoms with van der Waals surface area (Å²) >= 11 is 0. The second-order valence-corrected chi connectivity index (χ2v) is 8.67. The highest BCUT2D eigenvalue weighted by molar-refractivity contribution is 5.57. The van der Waals surface area contributed by atoms with Gasteiger partial charge < -0.3 is 15.1 Å². The number of nitrogens with one attached hydrogen (secondary N) is 1. The molecular formula is C22H21F5N8. The molecule has 2 saturated heterocycles. The number of rotatable bonds is 5. The molecule has 184 valence electrons. The highest BCUT2D eigenvalue weighted by Crippen LogP contribution is 2.38. The predicted octanol–water partition coefficient (Wildman–Crippen LogP) is 4.26. The molecule has 0 saturated carbocycles. The van der Waals surface area contributed by atoms with Crippen LogP contribution in [-0.2, 0) is 6.18 Å². The van der Waals surface area contributed by atoms with Crippen LogP contribution in [0.4, 0.5) is 45.2 Å². The van der Waals surface area contributed by atoms with Gasteiger partial charge in [0.25, 0.3) is 5.92 Å². The number of anilines is 4. The van der Waals surface area contributed by atoms with Crippen molar-refractivity contribution in [1.29, 1.82) is 0 Å². The van der Waals surface area contributed by atoms with Gasteiger partial charge in [-0.25, -0.2) is 28.7 Å². The first kappa shape index (κ1) is 23.1. The minimum absolute atomic E-state index is 0.0129. The Bertz CT molecular complexity index is 1200. The molecule has 2 fully saturated rings. The molecule has 5 rings (SSSR count). The summed E-state index contributed by atoms with van der Waals surface area (Å²) in [6.45, 7) is 1.68. The van der Waals surface area contributed by atoms with Crippen LogP contribution in [0, 0.1) is 0 Å². The first-order chi connectivity index (χ1) is 16.6. The maximum Gasteiger partial charge on any atom is 0.416 e. The van der Waals surface area contributed by atoms with E-state index in [4.69, 9.17) is 0 Å². The van der Waals surface area contributed by atoms with Crippen molar-refractivity contribution < 1.29 is 22.0 Å². The standard InChI is InChI=1S/C22H21F5N8/c1-13-16(3-5-35(13)15-8-28-12-29-9-15)17-7-19(33-20(31-17)34-10-21(23,24)11-34)32-18-6-14(2-4-30-18)22(25,26)27/h2,4,6-9,12-13,16H,3,5,10-11H2,1H3,(H,30,31,32,33). The number of hydrogen-bond donors (Lipinski definition) is 1. The first-order valence-corrected chi connectivity index (χ1v) is 10.9. The Labute approximate surface area is 197 Å². The van der Waals surface area contributed by atoms with Gasteiger partial charge in [0.15, 0.2) is 0 Å². The molecular weight excluding hydrogens is 471 g/mol. The Morgan fingerprint density at radius 3 is 2.49 bits per heavy atom. The van der Waals surface area contributed by atoms with Gasteiger partial charge in [0.2, 0.25) is 5.95 Å². The zero-order chi connectivity index (χ0) is 24.8. The quantitative estimate of drug-likeness (QED) is 0.529. The molecule has 0 bridgehead atoms. The molecule has 0 aromatic carbocycles. The summed E-state index contributed by atoms with van der Waals surface area (Å²) in [6, 6.07) is 3.36. The minimum atomic E-state index is -4.53. The summed E-state index contributed by atoms with van der Waals surface area (Å²) in [5, 5.41) is 2.79. The van der Waals surface area contributed by atoms with E-state index >= 15 is 0 Å². The Hall–Kier alpha value is -3.64. The number of halogens is 5. The van der Waals surface area contributed by atoms with Crippen molar-refractivity contribution in [3.8, 4) is 0 Å². The molecule has 2 aliphatic heterocycles. The highest BCUT2D eigenvalue weighted by atomic mass is 19.4. The third kappa shape index (κ3) is 4.80. The van der Waals surface area contributed by atoms with Gasteiger partial charge in [-0.15, -0.1) is 0 Å². The fraction of sp³-hybridized carbons (Fsp3) is 0.409. The van der Waals surface area contributed by atoms with Crippen molar-refractivity contribution in [3.63, 3.8) is 0 Å². The average Bonchev–Trinajstić information content (AvgIpc) is 3.19. The summed E-state index contributed by atoms with van der Waals surface area (Å²) in [6.07, 6.45) is 2.11. The number of pyridine rings is 1. The van der Waals surface area contributed by atoms with Crippen molar-refractivity contribution in [1.82, 2.24) is 24.9 Å². The zero-order valence-electron chi connectivity index (χ0n) is 18.5. The van der Waals surface area contributed by atoms with Crippen LogP contribution < -0.4 is 15.1 Å². The second kappa shape index (κ2) is 8.54. The van der Waals surface area contributed by atoms with Crippen LogP contribution in [0.1, 0.15) is 30.5 Å². The molecule has 5 heterocycles. The Balaban J connectivity index is 1.46. The highest BCUT2D eigenvalue weighted by Gasteiger charge is 2.45. The molecule has 1 N–H and O–H groups in total. The molecule has 0 spiro atoms. The molecule has 13 heteroatoms.